The van der Waals surface area contributed by atoms with Gasteiger partial charge in [0.05, 0.1) is 11.3 Å². The number of carbonyl (C=O) groups excluding carboxylic acids is 2. The third-order valence-corrected chi connectivity index (χ3v) is 5.30. The smallest absolute Gasteiger partial charge is 0.253 e. The van der Waals surface area contributed by atoms with E-state index in [1.165, 1.54) is 6.33 Å². The van der Waals surface area contributed by atoms with E-state index >= 15 is 0 Å². The molecule has 2 aromatic heterocycles. The SMILES string of the molecule is CN(C)C1CCN(C(=O)c2ccc(-c3ccc(C(N)=O)c4ncnn34)cc2)C1. The first kappa shape index (κ1) is 18.1. The molecule has 3 aromatic rings. The molecule has 3 heterocycles. The van der Waals surface area contributed by atoms with Crippen molar-refractivity contribution >= 4 is 17.5 Å². The third-order valence-electron chi connectivity index (χ3n) is 5.30. The van der Waals surface area contributed by atoms with Gasteiger partial charge in [-0.3, -0.25) is 9.59 Å². The molecule has 0 aliphatic carbocycles. The number of aromatic nitrogens is 3. The Labute approximate surface area is 162 Å². The normalized spacial score (nSPS) is 16.8. The summed E-state index contributed by atoms with van der Waals surface area (Å²) in [6.45, 7) is 1.53. The van der Waals surface area contributed by atoms with E-state index in [1.54, 1.807) is 16.6 Å². The highest BCUT2D eigenvalue weighted by Gasteiger charge is 2.28. The lowest BCUT2D eigenvalue weighted by Crippen LogP contribution is -2.34. The van der Waals surface area contributed by atoms with Crippen molar-refractivity contribution in [3.63, 3.8) is 0 Å². The summed E-state index contributed by atoms with van der Waals surface area (Å²) in [4.78, 5) is 32.5. The van der Waals surface area contributed by atoms with Gasteiger partial charge in [-0.25, -0.2) is 9.50 Å². The molecule has 1 aromatic carbocycles. The monoisotopic (exact) mass is 378 g/mol. The molecule has 144 valence electrons. The fourth-order valence-corrected chi connectivity index (χ4v) is 3.63. The maximum absolute atomic E-state index is 12.8. The number of hydrogen-bond donors (Lipinski definition) is 1. The number of carbonyl (C=O) groups is 2. The van der Waals surface area contributed by atoms with Crippen LogP contribution in [0.5, 0.6) is 0 Å². The second-order valence-corrected chi connectivity index (χ2v) is 7.23. The Hall–Kier alpha value is -3.26. The molecule has 1 saturated heterocycles. The molecule has 2 amide bonds. The fraction of sp³-hybridized carbons (Fsp3) is 0.300. The van der Waals surface area contributed by atoms with Crippen LogP contribution in [-0.2, 0) is 0 Å². The lowest BCUT2D eigenvalue weighted by atomic mass is 10.1. The Morgan fingerprint density at radius 1 is 1.14 bits per heavy atom. The van der Waals surface area contributed by atoms with Crippen LogP contribution in [0, 0.1) is 0 Å². The zero-order valence-electron chi connectivity index (χ0n) is 15.9. The number of likely N-dealkylation sites (N-methyl/N-ethyl adjacent to an activating group) is 1. The molecule has 4 rings (SSSR count). The maximum atomic E-state index is 12.8. The number of hydrogen-bond acceptors (Lipinski definition) is 5. The van der Waals surface area contributed by atoms with Crippen LogP contribution in [0.2, 0.25) is 0 Å². The van der Waals surface area contributed by atoms with Crippen LogP contribution in [-0.4, -0.2) is 69.4 Å². The van der Waals surface area contributed by atoms with Crippen molar-refractivity contribution in [3.8, 4) is 11.3 Å². The van der Waals surface area contributed by atoms with Gasteiger partial charge in [0.15, 0.2) is 5.65 Å². The summed E-state index contributed by atoms with van der Waals surface area (Å²) in [5.74, 6) is -0.502. The average Bonchev–Trinajstić information content (AvgIpc) is 3.36. The molecule has 2 N–H and O–H groups in total. The van der Waals surface area contributed by atoms with Crippen molar-refractivity contribution in [2.75, 3.05) is 27.2 Å². The Balaban J connectivity index is 1.60. The molecule has 8 nitrogen and oxygen atoms in total. The summed E-state index contributed by atoms with van der Waals surface area (Å²) in [6.07, 6.45) is 2.38. The Bertz CT molecular complexity index is 1040. The van der Waals surface area contributed by atoms with Crippen LogP contribution in [0.15, 0.2) is 42.7 Å². The minimum absolute atomic E-state index is 0.0471. The quantitative estimate of drug-likeness (QED) is 0.737. The lowest BCUT2D eigenvalue weighted by molar-refractivity contribution is 0.0783. The Morgan fingerprint density at radius 2 is 1.89 bits per heavy atom. The molecule has 1 atom stereocenters. The molecular formula is C20H22N6O2. The van der Waals surface area contributed by atoms with Crippen LogP contribution >= 0.6 is 0 Å². The van der Waals surface area contributed by atoms with Crippen molar-refractivity contribution in [1.82, 2.24) is 24.4 Å². The second-order valence-electron chi connectivity index (χ2n) is 7.23. The molecule has 0 spiro atoms. The van der Waals surface area contributed by atoms with Gasteiger partial charge in [0.1, 0.15) is 6.33 Å². The van der Waals surface area contributed by atoms with Gasteiger partial charge in [0.2, 0.25) is 0 Å². The van der Waals surface area contributed by atoms with Crippen molar-refractivity contribution < 1.29 is 9.59 Å². The van der Waals surface area contributed by atoms with E-state index in [4.69, 9.17) is 5.73 Å². The number of pyridine rings is 1. The molecule has 28 heavy (non-hydrogen) atoms. The zero-order valence-corrected chi connectivity index (χ0v) is 15.9. The van der Waals surface area contributed by atoms with Gasteiger partial charge < -0.3 is 15.5 Å². The first-order valence-electron chi connectivity index (χ1n) is 9.14. The van der Waals surface area contributed by atoms with Crippen molar-refractivity contribution in [2.24, 2.45) is 5.73 Å². The molecule has 0 radical (unpaired) electrons. The number of nitrogens with two attached hydrogens (primary N) is 1. The molecule has 0 saturated carbocycles. The summed E-state index contributed by atoms with van der Waals surface area (Å²) in [7, 11) is 4.09. The molecule has 1 aliphatic rings. The van der Waals surface area contributed by atoms with Gasteiger partial charge in [0, 0.05) is 30.3 Å². The van der Waals surface area contributed by atoms with Crippen molar-refractivity contribution in [1.29, 1.82) is 0 Å². The van der Waals surface area contributed by atoms with E-state index in [2.05, 4.69) is 15.0 Å². The van der Waals surface area contributed by atoms with E-state index in [-0.39, 0.29) is 5.91 Å². The largest absolute Gasteiger partial charge is 0.365 e. The summed E-state index contributed by atoms with van der Waals surface area (Å²) in [5, 5.41) is 4.20. The predicted molar refractivity (Wildman–Crippen MR) is 105 cm³/mol. The van der Waals surface area contributed by atoms with Crippen LogP contribution in [0.25, 0.3) is 16.9 Å². The van der Waals surface area contributed by atoms with Gasteiger partial charge in [-0.2, -0.15) is 5.10 Å². The second kappa shape index (κ2) is 7.05. The average molecular weight is 378 g/mol. The van der Waals surface area contributed by atoms with Crippen LogP contribution in [0.3, 0.4) is 0 Å². The number of primary amides is 1. The number of rotatable bonds is 4. The minimum atomic E-state index is -0.549. The number of amides is 2. The van der Waals surface area contributed by atoms with Gasteiger partial charge in [-0.15, -0.1) is 0 Å². The Kier molecular flexibility index (Phi) is 4.56. The molecule has 1 fully saturated rings. The highest BCUT2D eigenvalue weighted by molar-refractivity contribution is 5.99. The number of nitrogens with zero attached hydrogens (tertiary/aromatic N) is 5. The van der Waals surface area contributed by atoms with E-state index in [0.29, 0.717) is 22.8 Å². The lowest BCUT2D eigenvalue weighted by Gasteiger charge is -2.20. The Morgan fingerprint density at radius 3 is 2.54 bits per heavy atom. The van der Waals surface area contributed by atoms with Gasteiger partial charge in [-0.05, 0) is 44.8 Å². The van der Waals surface area contributed by atoms with E-state index in [0.717, 1.165) is 30.8 Å². The first-order chi connectivity index (χ1) is 13.5. The van der Waals surface area contributed by atoms with Crippen LogP contribution in [0.4, 0.5) is 0 Å². The summed E-state index contributed by atoms with van der Waals surface area (Å²) in [5.41, 5.74) is 8.43. The third kappa shape index (κ3) is 3.11. The summed E-state index contributed by atoms with van der Waals surface area (Å²) >= 11 is 0. The summed E-state index contributed by atoms with van der Waals surface area (Å²) in [6, 6.07) is 11.2. The van der Waals surface area contributed by atoms with E-state index in [9.17, 15) is 9.59 Å². The van der Waals surface area contributed by atoms with Gasteiger partial charge in [-0.1, -0.05) is 12.1 Å². The molecule has 8 heteroatoms. The minimum Gasteiger partial charge on any atom is -0.365 e. The van der Waals surface area contributed by atoms with Gasteiger partial charge in [0.25, 0.3) is 11.8 Å². The van der Waals surface area contributed by atoms with Crippen molar-refractivity contribution in [2.45, 2.75) is 12.5 Å². The molecule has 1 aliphatic heterocycles. The number of benzene rings is 1. The maximum Gasteiger partial charge on any atom is 0.253 e. The fourth-order valence-electron chi connectivity index (χ4n) is 3.63. The topological polar surface area (TPSA) is 96.8 Å². The zero-order chi connectivity index (χ0) is 19.8. The summed E-state index contributed by atoms with van der Waals surface area (Å²) < 4.78 is 1.58. The highest BCUT2D eigenvalue weighted by Crippen LogP contribution is 2.23. The number of fused-ring (bicyclic) bond motifs is 1. The first-order valence-corrected chi connectivity index (χ1v) is 9.14. The van der Waals surface area contributed by atoms with E-state index in [1.807, 2.05) is 43.3 Å². The van der Waals surface area contributed by atoms with E-state index < -0.39 is 5.91 Å². The molecule has 0 bridgehead atoms. The number of likely N-dealkylation sites (tertiary alicyclic amines) is 1. The van der Waals surface area contributed by atoms with Gasteiger partial charge >= 0.3 is 0 Å². The predicted octanol–water partition coefficient (Wildman–Crippen LogP) is 1.27. The molecular weight excluding hydrogens is 356 g/mol. The van der Waals surface area contributed by atoms with Crippen molar-refractivity contribution in [3.05, 3.63) is 53.9 Å². The standard InChI is InChI=1S/C20H22N6O2/c1-24(2)15-9-10-25(11-15)20(28)14-5-3-13(4-6-14)17-8-7-16(18(21)27)19-22-12-23-26(17)19/h3-8,12,15H,9-11H2,1-2H3,(H2,21,27). The van der Waals surface area contributed by atoms with Crippen LogP contribution in [0.1, 0.15) is 27.1 Å². The van der Waals surface area contributed by atoms with Crippen LogP contribution < -0.4 is 5.73 Å². The molecule has 1 unspecified atom stereocenters. The highest BCUT2D eigenvalue weighted by atomic mass is 16.2.